The Morgan fingerprint density at radius 3 is 2.41 bits per heavy atom. The highest BCUT2D eigenvalue weighted by atomic mass is 16.6. The lowest BCUT2D eigenvalue weighted by atomic mass is 9.95. The number of rotatable bonds is 3. The number of ether oxygens (including phenoxy) is 1. The SMILES string of the molecule is CC(C)(C)OC(=O)N1CCC(C(=O)Nc2ccnn2C2CCCCC2)CC1. The maximum Gasteiger partial charge on any atom is 0.410 e. The first kappa shape index (κ1) is 19.7. The van der Waals surface area contributed by atoms with Crippen LogP contribution in [-0.2, 0) is 9.53 Å². The number of nitrogens with zero attached hydrogens (tertiary/aromatic N) is 3. The van der Waals surface area contributed by atoms with Crippen LogP contribution in [0.4, 0.5) is 10.6 Å². The van der Waals surface area contributed by atoms with Crippen LogP contribution in [0.15, 0.2) is 12.3 Å². The van der Waals surface area contributed by atoms with Crippen molar-refractivity contribution in [1.29, 1.82) is 0 Å². The molecule has 7 nitrogen and oxygen atoms in total. The van der Waals surface area contributed by atoms with Gasteiger partial charge in [-0.25, -0.2) is 9.48 Å². The molecule has 1 aromatic heterocycles. The topological polar surface area (TPSA) is 76.5 Å². The quantitative estimate of drug-likeness (QED) is 0.866. The van der Waals surface area contributed by atoms with E-state index in [2.05, 4.69) is 10.4 Å². The lowest BCUT2D eigenvalue weighted by molar-refractivity contribution is -0.121. The molecular weight excluding hydrogens is 344 g/mol. The van der Waals surface area contributed by atoms with Crippen molar-refractivity contribution < 1.29 is 14.3 Å². The number of carbonyl (C=O) groups is 2. The van der Waals surface area contributed by atoms with Crippen molar-refractivity contribution >= 4 is 17.8 Å². The van der Waals surface area contributed by atoms with Crippen LogP contribution >= 0.6 is 0 Å². The van der Waals surface area contributed by atoms with Crippen molar-refractivity contribution in [3.63, 3.8) is 0 Å². The molecule has 2 aliphatic rings. The summed E-state index contributed by atoms with van der Waals surface area (Å²) < 4.78 is 7.39. The Kier molecular flexibility index (Phi) is 6.07. The van der Waals surface area contributed by atoms with Crippen LogP contribution < -0.4 is 5.32 Å². The molecule has 0 unspecified atom stereocenters. The standard InChI is InChI=1S/C20H32N4O3/c1-20(2,3)27-19(26)23-13-10-15(11-14-23)18(25)22-17-9-12-21-24(17)16-7-5-4-6-8-16/h9,12,15-16H,4-8,10-11,13-14H2,1-3H3,(H,22,25). The first-order valence-corrected chi connectivity index (χ1v) is 10.2. The van der Waals surface area contributed by atoms with E-state index in [9.17, 15) is 9.59 Å². The second kappa shape index (κ2) is 8.31. The van der Waals surface area contributed by atoms with Gasteiger partial charge in [-0.3, -0.25) is 4.79 Å². The number of anilines is 1. The third-order valence-corrected chi connectivity index (χ3v) is 5.36. The first-order chi connectivity index (χ1) is 12.8. The van der Waals surface area contributed by atoms with Gasteiger partial charge in [-0.1, -0.05) is 19.3 Å². The van der Waals surface area contributed by atoms with Crippen LogP contribution in [0.25, 0.3) is 0 Å². The number of hydrogen-bond acceptors (Lipinski definition) is 4. The Hall–Kier alpha value is -2.05. The maximum atomic E-state index is 12.7. The summed E-state index contributed by atoms with van der Waals surface area (Å²) in [6, 6.07) is 2.26. The van der Waals surface area contributed by atoms with E-state index >= 15 is 0 Å². The van der Waals surface area contributed by atoms with Gasteiger partial charge >= 0.3 is 6.09 Å². The minimum atomic E-state index is -0.497. The smallest absolute Gasteiger partial charge is 0.410 e. The highest BCUT2D eigenvalue weighted by molar-refractivity contribution is 5.92. The fourth-order valence-corrected chi connectivity index (χ4v) is 3.91. The molecule has 7 heteroatoms. The van der Waals surface area contributed by atoms with Crippen LogP contribution in [0.5, 0.6) is 0 Å². The van der Waals surface area contributed by atoms with Gasteiger partial charge in [0.2, 0.25) is 5.91 Å². The van der Waals surface area contributed by atoms with Gasteiger partial charge < -0.3 is 15.0 Å². The number of nitrogens with one attached hydrogen (secondary N) is 1. The lowest BCUT2D eigenvalue weighted by Gasteiger charge is -2.33. The van der Waals surface area contributed by atoms with Gasteiger partial charge in [0.1, 0.15) is 11.4 Å². The van der Waals surface area contributed by atoms with E-state index in [-0.39, 0.29) is 17.9 Å². The zero-order valence-corrected chi connectivity index (χ0v) is 16.7. The van der Waals surface area contributed by atoms with Crippen LogP contribution in [-0.4, -0.2) is 45.4 Å². The molecule has 2 heterocycles. The van der Waals surface area contributed by atoms with E-state index in [4.69, 9.17) is 4.74 Å². The minimum Gasteiger partial charge on any atom is -0.444 e. The molecule has 1 aromatic rings. The van der Waals surface area contributed by atoms with Crippen molar-refractivity contribution in [2.75, 3.05) is 18.4 Å². The molecule has 27 heavy (non-hydrogen) atoms. The van der Waals surface area contributed by atoms with E-state index in [0.29, 0.717) is 32.0 Å². The summed E-state index contributed by atoms with van der Waals surface area (Å²) >= 11 is 0. The predicted octanol–water partition coefficient (Wildman–Crippen LogP) is 3.97. The maximum absolute atomic E-state index is 12.7. The van der Waals surface area contributed by atoms with Crippen molar-refractivity contribution in [3.8, 4) is 0 Å². The molecule has 0 bridgehead atoms. The van der Waals surface area contributed by atoms with Crippen molar-refractivity contribution in [3.05, 3.63) is 12.3 Å². The van der Waals surface area contributed by atoms with Crippen molar-refractivity contribution in [2.45, 2.75) is 77.4 Å². The summed E-state index contributed by atoms with van der Waals surface area (Å²) in [6.07, 6.45) is 8.76. The summed E-state index contributed by atoms with van der Waals surface area (Å²) in [5.74, 6) is 0.733. The first-order valence-electron chi connectivity index (χ1n) is 10.2. The Balaban J connectivity index is 1.52. The number of carbonyl (C=O) groups excluding carboxylic acids is 2. The van der Waals surface area contributed by atoms with Crippen molar-refractivity contribution in [1.82, 2.24) is 14.7 Å². The number of hydrogen-bond donors (Lipinski definition) is 1. The summed E-state index contributed by atoms with van der Waals surface area (Å²) in [6.45, 7) is 6.69. The fraction of sp³-hybridized carbons (Fsp3) is 0.750. The van der Waals surface area contributed by atoms with Gasteiger partial charge in [0, 0.05) is 25.1 Å². The zero-order chi connectivity index (χ0) is 19.4. The normalized spacial score (nSPS) is 19.7. The Morgan fingerprint density at radius 1 is 1.11 bits per heavy atom. The summed E-state index contributed by atoms with van der Waals surface area (Å²) in [4.78, 5) is 26.6. The summed E-state index contributed by atoms with van der Waals surface area (Å²) in [5.41, 5.74) is -0.497. The molecular formula is C20H32N4O3. The third kappa shape index (κ3) is 5.23. The molecule has 1 saturated heterocycles. The third-order valence-electron chi connectivity index (χ3n) is 5.36. The van der Waals surface area contributed by atoms with E-state index in [0.717, 1.165) is 18.7 Å². The van der Waals surface area contributed by atoms with E-state index in [1.807, 2.05) is 31.5 Å². The average molecular weight is 377 g/mol. The highest BCUT2D eigenvalue weighted by Crippen LogP contribution is 2.30. The van der Waals surface area contributed by atoms with Gasteiger partial charge in [-0.15, -0.1) is 0 Å². The average Bonchev–Trinajstić information content (AvgIpc) is 3.09. The number of likely N-dealkylation sites (tertiary alicyclic amines) is 1. The second-order valence-electron chi connectivity index (χ2n) is 8.68. The number of piperidine rings is 1. The fourth-order valence-electron chi connectivity index (χ4n) is 3.91. The minimum absolute atomic E-state index is 0.0244. The molecule has 1 saturated carbocycles. The molecule has 1 aliphatic heterocycles. The van der Waals surface area contributed by atoms with Crippen LogP contribution in [0.2, 0.25) is 0 Å². The molecule has 2 amide bonds. The van der Waals surface area contributed by atoms with E-state index < -0.39 is 5.60 Å². The Morgan fingerprint density at radius 2 is 1.78 bits per heavy atom. The molecule has 1 aliphatic carbocycles. The van der Waals surface area contributed by atoms with Crippen LogP contribution in [0, 0.1) is 5.92 Å². The van der Waals surface area contributed by atoms with Crippen molar-refractivity contribution in [2.24, 2.45) is 5.92 Å². The molecule has 150 valence electrons. The van der Waals surface area contributed by atoms with Gasteiger partial charge in [0.15, 0.2) is 0 Å². The Labute approximate surface area is 161 Å². The van der Waals surface area contributed by atoms with E-state index in [1.165, 1.54) is 19.3 Å². The van der Waals surface area contributed by atoms with Gasteiger partial charge in [0.25, 0.3) is 0 Å². The van der Waals surface area contributed by atoms with Crippen LogP contribution in [0.1, 0.15) is 71.8 Å². The molecule has 0 spiro atoms. The molecule has 1 N–H and O–H groups in total. The molecule has 0 aromatic carbocycles. The van der Waals surface area contributed by atoms with Crippen LogP contribution in [0.3, 0.4) is 0 Å². The van der Waals surface area contributed by atoms with Gasteiger partial charge in [-0.2, -0.15) is 5.10 Å². The lowest BCUT2D eigenvalue weighted by Crippen LogP contribution is -2.43. The zero-order valence-electron chi connectivity index (χ0n) is 16.7. The van der Waals surface area contributed by atoms with Gasteiger partial charge in [-0.05, 0) is 46.5 Å². The monoisotopic (exact) mass is 376 g/mol. The highest BCUT2D eigenvalue weighted by Gasteiger charge is 2.30. The van der Waals surface area contributed by atoms with Gasteiger partial charge in [0.05, 0.1) is 12.2 Å². The Bertz CT molecular complexity index is 650. The molecule has 2 fully saturated rings. The van der Waals surface area contributed by atoms with E-state index in [1.54, 1.807) is 11.1 Å². The summed E-state index contributed by atoms with van der Waals surface area (Å²) in [5, 5.41) is 7.51. The molecule has 0 atom stereocenters. The second-order valence-corrected chi connectivity index (χ2v) is 8.68. The number of aromatic nitrogens is 2. The number of amides is 2. The summed E-state index contributed by atoms with van der Waals surface area (Å²) in [7, 11) is 0. The molecule has 0 radical (unpaired) electrons. The largest absolute Gasteiger partial charge is 0.444 e. The molecule has 3 rings (SSSR count). The predicted molar refractivity (Wildman–Crippen MR) is 104 cm³/mol.